The number of ether oxygens (including phenoxy) is 1. The van der Waals surface area contributed by atoms with Crippen LogP contribution in [0.5, 0.6) is 0 Å². The number of methoxy groups -OCH3 is 1. The Hall–Kier alpha value is -2.15. The van der Waals surface area contributed by atoms with E-state index in [9.17, 15) is 9.59 Å². The molecule has 0 aliphatic carbocycles. The number of nitrogens with one attached hydrogen (secondary N) is 2. The highest BCUT2D eigenvalue weighted by Crippen LogP contribution is 2.21. The zero-order valence-corrected chi connectivity index (χ0v) is 14.3. The van der Waals surface area contributed by atoms with E-state index in [0.29, 0.717) is 24.2 Å². The highest BCUT2D eigenvalue weighted by atomic mass is 16.5. The third kappa shape index (κ3) is 3.61. The summed E-state index contributed by atoms with van der Waals surface area (Å²) < 4.78 is 6.66. The number of pyridine rings is 1. The first-order chi connectivity index (χ1) is 10.8. The zero-order valence-electron chi connectivity index (χ0n) is 14.3. The Morgan fingerprint density at radius 3 is 2.78 bits per heavy atom. The van der Waals surface area contributed by atoms with Gasteiger partial charge in [0.15, 0.2) is 0 Å². The number of amides is 1. The van der Waals surface area contributed by atoms with Crippen LogP contribution in [0.25, 0.3) is 11.0 Å². The number of carbonyl (C=O) groups is 1. The van der Waals surface area contributed by atoms with Crippen molar-refractivity contribution in [3.63, 3.8) is 0 Å². The number of aromatic nitrogens is 3. The molecule has 0 radical (unpaired) electrons. The van der Waals surface area contributed by atoms with Crippen molar-refractivity contribution in [1.82, 2.24) is 20.1 Å². The summed E-state index contributed by atoms with van der Waals surface area (Å²) in [6.45, 7) is 6.17. The van der Waals surface area contributed by atoms with Crippen molar-refractivity contribution in [1.29, 1.82) is 0 Å². The van der Waals surface area contributed by atoms with Crippen molar-refractivity contribution in [2.45, 2.75) is 39.7 Å². The maximum absolute atomic E-state index is 12.3. The first-order valence-corrected chi connectivity index (χ1v) is 7.68. The van der Waals surface area contributed by atoms with Crippen molar-refractivity contribution in [2.24, 2.45) is 7.05 Å². The minimum Gasteiger partial charge on any atom is -0.383 e. The molecule has 126 valence electrons. The molecule has 0 bridgehead atoms. The maximum atomic E-state index is 12.3. The van der Waals surface area contributed by atoms with Crippen LogP contribution in [0.15, 0.2) is 4.79 Å². The minimum atomic E-state index is -0.157. The van der Waals surface area contributed by atoms with Crippen LogP contribution in [0.3, 0.4) is 0 Å². The molecule has 1 amide bonds. The Morgan fingerprint density at radius 1 is 1.43 bits per heavy atom. The Kier molecular flexibility index (Phi) is 5.20. The monoisotopic (exact) mass is 320 g/mol. The largest absolute Gasteiger partial charge is 0.383 e. The molecule has 0 fully saturated rings. The Balaban J connectivity index is 2.19. The van der Waals surface area contributed by atoms with Crippen LogP contribution in [0.2, 0.25) is 0 Å². The van der Waals surface area contributed by atoms with Crippen LogP contribution in [0, 0.1) is 13.8 Å². The molecule has 2 rings (SSSR count). The number of aromatic amines is 1. The van der Waals surface area contributed by atoms with Gasteiger partial charge in [-0.2, -0.15) is 5.10 Å². The predicted molar refractivity (Wildman–Crippen MR) is 88.6 cm³/mol. The summed E-state index contributed by atoms with van der Waals surface area (Å²) in [5.74, 6) is -0.0867. The van der Waals surface area contributed by atoms with Gasteiger partial charge >= 0.3 is 0 Å². The lowest BCUT2D eigenvalue weighted by atomic mass is 10.0. The number of rotatable bonds is 6. The van der Waals surface area contributed by atoms with E-state index in [-0.39, 0.29) is 23.9 Å². The van der Waals surface area contributed by atoms with E-state index in [2.05, 4.69) is 15.4 Å². The van der Waals surface area contributed by atoms with E-state index in [4.69, 9.17) is 4.74 Å². The number of fused-ring (bicyclic) bond motifs is 1. The first-order valence-electron chi connectivity index (χ1n) is 7.68. The number of aryl methyl sites for hydroxylation is 3. The number of nitrogens with zero attached hydrogens (tertiary/aromatic N) is 2. The Labute approximate surface area is 135 Å². The van der Waals surface area contributed by atoms with Crippen LogP contribution in [0.1, 0.15) is 30.2 Å². The van der Waals surface area contributed by atoms with Crippen LogP contribution in [-0.2, 0) is 23.0 Å². The molecule has 2 N–H and O–H groups in total. The molecule has 0 saturated heterocycles. The molecule has 0 aromatic carbocycles. The third-order valence-corrected chi connectivity index (χ3v) is 3.98. The number of carbonyl (C=O) groups excluding carboxylic acids is 1. The van der Waals surface area contributed by atoms with Gasteiger partial charge in [0.05, 0.1) is 12.3 Å². The lowest BCUT2D eigenvalue weighted by Gasteiger charge is -2.13. The molecule has 2 aromatic rings. The number of hydrogen-bond acceptors (Lipinski definition) is 4. The van der Waals surface area contributed by atoms with Gasteiger partial charge in [0.25, 0.3) is 5.56 Å². The fraction of sp³-hybridized carbons (Fsp3) is 0.562. The van der Waals surface area contributed by atoms with Gasteiger partial charge in [0.1, 0.15) is 5.65 Å². The lowest BCUT2D eigenvalue weighted by Crippen LogP contribution is -2.36. The van der Waals surface area contributed by atoms with Gasteiger partial charge in [-0.1, -0.05) is 0 Å². The second kappa shape index (κ2) is 6.95. The second-order valence-electron chi connectivity index (χ2n) is 5.91. The van der Waals surface area contributed by atoms with Gasteiger partial charge in [0.2, 0.25) is 5.91 Å². The lowest BCUT2D eigenvalue weighted by molar-refractivity contribution is -0.122. The molecule has 7 heteroatoms. The van der Waals surface area contributed by atoms with Crippen molar-refractivity contribution in [2.75, 3.05) is 13.7 Å². The van der Waals surface area contributed by atoms with Gasteiger partial charge in [-0.3, -0.25) is 14.3 Å². The Morgan fingerprint density at radius 2 is 2.13 bits per heavy atom. The molecular weight excluding hydrogens is 296 g/mol. The van der Waals surface area contributed by atoms with Crippen molar-refractivity contribution < 1.29 is 9.53 Å². The molecule has 0 aliphatic rings. The molecule has 1 unspecified atom stereocenters. The van der Waals surface area contributed by atoms with E-state index >= 15 is 0 Å². The summed E-state index contributed by atoms with van der Waals surface area (Å²) in [7, 11) is 3.39. The van der Waals surface area contributed by atoms with Gasteiger partial charge in [-0.05, 0) is 32.8 Å². The fourth-order valence-corrected chi connectivity index (χ4v) is 2.93. The first kappa shape index (κ1) is 17.2. The number of H-pyrrole nitrogens is 1. The molecule has 0 aliphatic heterocycles. The average Bonchev–Trinajstić information content (AvgIpc) is 2.73. The molecule has 23 heavy (non-hydrogen) atoms. The summed E-state index contributed by atoms with van der Waals surface area (Å²) in [4.78, 5) is 27.1. The minimum absolute atomic E-state index is 0.0464. The topological polar surface area (TPSA) is 89.0 Å². The van der Waals surface area contributed by atoms with Crippen molar-refractivity contribution in [3.8, 4) is 0 Å². The smallest absolute Gasteiger partial charge is 0.253 e. The Bertz CT molecular complexity index is 776. The quantitative estimate of drug-likeness (QED) is 0.830. The van der Waals surface area contributed by atoms with Crippen LogP contribution in [-0.4, -0.2) is 40.4 Å². The van der Waals surface area contributed by atoms with E-state index in [1.807, 2.05) is 20.8 Å². The fourth-order valence-electron chi connectivity index (χ4n) is 2.93. The van der Waals surface area contributed by atoms with Crippen LogP contribution >= 0.6 is 0 Å². The normalized spacial score (nSPS) is 12.6. The van der Waals surface area contributed by atoms with Crippen LogP contribution in [0.4, 0.5) is 0 Å². The summed E-state index contributed by atoms with van der Waals surface area (Å²) in [5, 5.41) is 8.15. The van der Waals surface area contributed by atoms with Crippen molar-refractivity contribution >= 4 is 16.9 Å². The average molecular weight is 320 g/mol. The molecule has 0 saturated carbocycles. The molecule has 1 atom stereocenters. The SMILES string of the molecule is COCC(C)NC(=O)CCc1c(C)c2c(C)nn(C)c2[nH]c1=O. The zero-order chi connectivity index (χ0) is 17.1. The third-order valence-electron chi connectivity index (χ3n) is 3.98. The van der Waals surface area contributed by atoms with Gasteiger partial charge in [-0.15, -0.1) is 0 Å². The van der Waals surface area contributed by atoms with Gasteiger partial charge in [0, 0.05) is 37.6 Å². The van der Waals surface area contributed by atoms with Gasteiger partial charge < -0.3 is 15.0 Å². The highest BCUT2D eigenvalue weighted by molar-refractivity contribution is 5.83. The summed E-state index contributed by atoms with van der Waals surface area (Å²) in [5.41, 5.74) is 2.97. The second-order valence-corrected chi connectivity index (χ2v) is 5.91. The highest BCUT2D eigenvalue weighted by Gasteiger charge is 2.16. The standard InChI is InChI=1S/C16H24N4O3/c1-9(8-23-5)17-13(21)7-6-12-10(2)14-11(3)19-20(4)15(14)18-16(12)22/h9H,6-8H2,1-5H3,(H,17,21)(H,18,22). The van der Waals surface area contributed by atoms with Crippen molar-refractivity contribution in [3.05, 3.63) is 27.2 Å². The maximum Gasteiger partial charge on any atom is 0.253 e. The molecule has 0 spiro atoms. The van der Waals surface area contributed by atoms with E-state index < -0.39 is 0 Å². The van der Waals surface area contributed by atoms with E-state index in [1.165, 1.54) is 0 Å². The summed E-state index contributed by atoms with van der Waals surface area (Å²) in [6, 6.07) is -0.0464. The number of hydrogen-bond donors (Lipinski definition) is 2. The predicted octanol–water partition coefficient (Wildman–Crippen LogP) is 0.962. The van der Waals surface area contributed by atoms with E-state index in [1.54, 1.807) is 18.8 Å². The molecule has 2 heterocycles. The molecule has 2 aromatic heterocycles. The molecular formula is C16H24N4O3. The summed E-state index contributed by atoms with van der Waals surface area (Å²) in [6.07, 6.45) is 0.666. The summed E-state index contributed by atoms with van der Waals surface area (Å²) >= 11 is 0. The van der Waals surface area contributed by atoms with Crippen LogP contribution < -0.4 is 10.9 Å². The van der Waals surface area contributed by atoms with Gasteiger partial charge in [-0.25, -0.2) is 0 Å². The van der Waals surface area contributed by atoms with E-state index in [0.717, 1.165) is 16.6 Å². The molecule has 7 nitrogen and oxygen atoms in total.